The van der Waals surface area contributed by atoms with Gasteiger partial charge in [-0.2, -0.15) is 13.6 Å². The lowest BCUT2D eigenvalue weighted by Gasteiger charge is -2.51. The van der Waals surface area contributed by atoms with Crippen LogP contribution in [0, 0.1) is 17.3 Å². The zero-order valence-corrected chi connectivity index (χ0v) is 16.8. The average Bonchev–Trinajstić information content (AvgIpc) is 2.96. The van der Waals surface area contributed by atoms with Crippen molar-refractivity contribution < 1.29 is 22.4 Å². The van der Waals surface area contributed by atoms with Crippen molar-refractivity contribution in [2.24, 2.45) is 22.4 Å². The van der Waals surface area contributed by atoms with Gasteiger partial charge in [-0.25, -0.2) is 0 Å². The van der Waals surface area contributed by atoms with Crippen LogP contribution in [0.25, 0.3) is 0 Å². The molecule has 0 amide bonds. The van der Waals surface area contributed by atoms with Gasteiger partial charge in [0.05, 0.1) is 13.2 Å². The molecule has 0 bridgehead atoms. The molecule has 3 aliphatic carbocycles. The van der Waals surface area contributed by atoms with Crippen LogP contribution in [0.15, 0.2) is 12.1 Å². The van der Waals surface area contributed by atoms with E-state index in [1.807, 2.05) is 6.07 Å². The van der Waals surface area contributed by atoms with E-state index in [1.54, 1.807) is 6.07 Å². The van der Waals surface area contributed by atoms with Crippen molar-refractivity contribution in [3.63, 3.8) is 0 Å². The second kappa shape index (κ2) is 6.64. The van der Waals surface area contributed by atoms with Crippen molar-refractivity contribution in [1.29, 1.82) is 0 Å². The van der Waals surface area contributed by atoms with Crippen LogP contribution >= 0.6 is 0 Å². The van der Waals surface area contributed by atoms with Gasteiger partial charge in [0.25, 0.3) is 0 Å². The Morgan fingerprint density at radius 2 is 2.00 bits per heavy atom. The van der Waals surface area contributed by atoms with Crippen molar-refractivity contribution in [3.8, 4) is 11.5 Å². The Hall–Kier alpha value is -1.31. The molecule has 2 saturated carbocycles. The number of aliphatic hydroxyl groups excluding tert-OH is 1. The van der Waals surface area contributed by atoms with Crippen LogP contribution in [0.1, 0.15) is 62.5 Å². The number of methoxy groups -OCH3 is 1. The first-order valence-electron chi connectivity index (χ1n) is 9.90. The second-order valence-electron chi connectivity index (χ2n) is 8.41. The van der Waals surface area contributed by atoms with E-state index < -0.39 is 10.3 Å². The number of aryl methyl sites for hydroxylation is 1. The molecule has 3 N–H and O–H groups in total. The van der Waals surface area contributed by atoms with Crippen LogP contribution < -0.4 is 14.1 Å². The molecular weight excluding hydrogens is 366 g/mol. The summed E-state index contributed by atoms with van der Waals surface area (Å²) < 4.78 is 33.1. The summed E-state index contributed by atoms with van der Waals surface area (Å²) in [6.45, 7) is 2.22. The molecule has 3 aliphatic rings. The van der Waals surface area contributed by atoms with E-state index >= 15 is 0 Å². The predicted octanol–water partition coefficient (Wildman–Crippen LogP) is 2.88. The van der Waals surface area contributed by atoms with Gasteiger partial charge in [-0.05, 0) is 91.4 Å². The molecule has 0 aliphatic heterocycles. The SMILES string of the molecule is CC[C@]12CCC3c4cc(OC)c(OS(N)(=O)=O)cc4CCC3C1CC[C@H]2O. The molecule has 150 valence electrons. The summed E-state index contributed by atoms with van der Waals surface area (Å²) in [5.41, 5.74) is 2.45. The van der Waals surface area contributed by atoms with Gasteiger partial charge in [0.1, 0.15) is 0 Å². The number of rotatable bonds is 4. The highest BCUT2D eigenvalue weighted by molar-refractivity contribution is 7.84. The van der Waals surface area contributed by atoms with E-state index in [9.17, 15) is 13.5 Å². The molecule has 0 heterocycles. The minimum Gasteiger partial charge on any atom is -0.493 e. The van der Waals surface area contributed by atoms with Crippen LogP contribution in [0.2, 0.25) is 0 Å². The molecule has 6 nitrogen and oxygen atoms in total. The zero-order valence-electron chi connectivity index (χ0n) is 16.0. The maximum Gasteiger partial charge on any atom is 0.380 e. The second-order valence-corrected chi connectivity index (χ2v) is 9.56. The molecule has 0 aromatic heterocycles. The number of aliphatic hydroxyl groups is 1. The Bertz CT molecular complexity index is 839. The van der Waals surface area contributed by atoms with E-state index in [-0.39, 0.29) is 17.3 Å². The monoisotopic (exact) mass is 395 g/mol. The van der Waals surface area contributed by atoms with E-state index in [0.717, 1.165) is 50.5 Å². The number of fused-ring (bicyclic) bond motifs is 5. The third-order valence-corrected chi connectivity index (χ3v) is 7.96. The quantitative estimate of drug-likeness (QED) is 0.817. The van der Waals surface area contributed by atoms with E-state index in [0.29, 0.717) is 23.5 Å². The number of ether oxygens (including phenoxy) is 1. The zero-order chi connectivity index (χ0) is 19.4. The van der Waals surface area contributed by atoms with Crippen LogP contribution in [0.4, 0.5) is 0 Å². The van der Waals surface area contributed by atoms with Gasteiger partial charge in [0, 0.05) is 0 Å². The molecule has 2 fully saturated rings. The van der Waals surface area contributed by atoms with Gasteiger partial charge in [-0.3, -0.25) is 0 Å². The third kappa shape index (κ3) is 3.04. The standard InChI is InChI=1S/C20H29NO5S/c1-3-20-9-8-13-14(16(20)6-7-19(20)22)5-4-12-10-18(26-27(21,23)24)17(25-2)11-15(12)13/h10-11,13-14,16,19,22H,3-9H2,1-2H3,(H2,21,23,24)/t13?,14?,16?,19-,20+/m1/s1. The summed E-state index contributed by atoms with van der Waals surface area (Å²) in [6.07, 6.45) is 6.94. The molecule has 27 heavy (non-hydrogen) atoms. The number of hydrogen-bond donors (Lipinski definition) is 2. The van der Waals surface area contributed by atoms with Gasteiger partial charge in [0.15, 0.2) is 11.5 Å². The van der Waals surface area contributed by atoms with Gasteiger partial charge < -0.3 is 14.0 Å². The fourth-order valence-corrected chi connectivity index (χ4v) is 6.77. The molecule has 5 atom stereocenters. The van der Waals surface area contributed by atoms with Crippen molar-refractivity contribution >= 4 is 10.3 Å². The fourth-order valence-electron chi connectivity index (χ4n) is 6.39. The van der Waals surface area contributed by atoms with Gasteiger partial charge in [-0.1, -0.05) is 6.92 Å². The molecule has 0 spiro atoms. The Balaban J connectivity index is 1.70. The van der Waals surface area contributed by atoms with Crippen LogP contribution in [0.5, 0.6) is 11.5 Å². The van der Waals surface area contributed by atoms with Crippen molar-refractivity contribution in [2.45, 2.75) is 63.9 Å². The average molecular weight is 396 g/mol. The number of benzene rings is 1. The largest absolute Gasteiger partial charge is 0.493 e. The molecular formula is C20H29NO5S. The van der Waals surface area contributed by atoms with Crippen molar-refractivity contribution in [2.75, 3.05) is 7.11 Å². The number of nitrogens with two attached hydrogens (primary N) is 1. The van der Waals surface area contributed by atoms with E-state index in [4.69, 9.17) is 14.1 Å². The number of hydrogen-bond acceptors (Lipinski definition) is 5. The minimum absolute atomic E-state index is 0.0828. The maximum absolute atomic E-state index is 11.4. The van der Waals surface area contributed by atoms with Crippen LogP contribution in [-0.2, 0) is 16.7 Å². The molecule has 0 saturated heterocycles. The molecule has 3 unspecified atom stereocenters. The normalized spacial score (nSPS) is 35.1. The van der Waals surface area contributed by atoms with Crippen LogP contribution in [-0.4, -0.2) is 26.7 Å². The summed E-state index contributed by atoms with van der Waals surface area (Å²) in [5, 5.41) is 15.7. The lowest BCUT2D eigenvalue weighted by atomic mass is 9.54. The highest BCUT2D eigenvalue weighted by atomic mass is 32.2. The summed E-state index contributed by atoms with van der Waals surface area (Å²) >= 11 is 0. The Kier molecular flexibility index (Phi) is 4.68. The molecule has 4 rings (SSSR count). The summed E-state index contributed by atoms with van der Waals surface area (Å²) in [7, 11) is -2.59. The fraction of sp³-hybridized carbons (Fsp3) is 0.700. The smallest absolute Gasteiger partial charge is 0.380 e. The summed E-state index contributed by atoms with van der Waals surface area (Å²) in [4.78, 5) is 0. The van der Waals surface area contributed by atoms with Crippen molar-refractivity contribution in [1.82, 2.24) is 0 Å². The van der Waals surface area contributed by atoms with Crippen molar-refractivity contribution in [3.05, 3.63) is 23.3 Å². The highest BCUT2D eigenvalue weighted by Crippen LogP contribution is 2.62. The van der Waals surface area contributed by atoms with E-state index in [1.165, 1.54) is 12.7 Å². The summed E-state index contributed by atoms with van der Waals surface area (Å²) in [5.74, 6) is 2.13. The first-order chi connectivity index (χ1) is 12.8. The molecule has 7 heteroatoms. The van der Waals surface area contributed by atoms with Gasteiger partial charge in [-0.15, -0.1) is 0 Å². The minimum atomic E-state index is -4.10. The Morgan fingerprint density at radius 3 is 2.67 bits per heavy atom. The topological polar surface area (TPSA) is 98.9 Å². The van der Waals surface area contributed by atoms with Gasteiger partial charge in [0.2, 0.25) is 0 Å². The molecule has 1 aromatic rings. The molecule has 1 aromatic carbocycles. The predicted molar refractivity (Wildman–Crippen MR) is 102 cm³/mol. The van der Waals surface area contributed by atoms with E-state index in [2.05, 4.69) is 6.92 Å². The molecule has 0 radical (unpaired) electrons. The van der Waals surface area contributed by atoms with Crippen LogP contribution in [0.3, 0.4) is 0 Å². The lowest BCUT2D eigenvalue weighted by molar-refractivity contribution is -0.0394. The summed E-state index contributed by atoms with van der Waals surface area (Å²) in [6, 6.07) is 3.72. The third-order valence-electron chi connectivity index (χ3n) is 7.54. The first-order valence-corrected chi connectivity index (χ1v) is 11.4. The Morgan fingerprint density at radius 1 is 1.22 bits per heavy atom. The lowest BCUT2D eigenvalue weighted by Crippen LogP contribution is -2.45. The maximum atomic E-state index is 11.4. The highest BCUT2D eigenvalue weighted by Gasteiger charge is 2.56. The Labute approximate surface area is 161 Å². The first kappa shape index (κ1) is 19.0. The van der Waals surface area contributed by atoms with Gasteiger partial charge >= 0.3 is 10.3 Å².